The molecule has 0 amide bonds. The van der Waals surface area contributed by atoms with Gasteiger partial charge in [0.05, 0.1) is 0 Å². The zero-order valence-corrected chi connectivity index (χ0v) is 19.0. The van der Waals surface area contributed by atoms with E-state index in [9.17, 15) is 0 Å². The van der Waals surface area contributed by atoms with E-state index < -0.39 is 0 Å². The van der Waals surface area contributed by atoms with Crippen LogP contribution in [0.25, 0.3) is 0 Å². The van der Waals surface area contributed by atoms with Crippen molar-refractivity contribution in [3.63, 3.8) is 0 Å². The third-order valence-electron chi connectivity index (χ3n) is 5.30. The number of guanidine groups is 1. The van der Waals surface area contributed by atoms with E-state index in [1.165, 1.54) is 37.2 Å². The first-order valence-electron chi connectivity index (χ1n) is 9.26. The largest absolute Gasteiger partial charge is 0.356 e. The lowest BCUT2D eigenvalue weighted by molar-refractivity contribution is 0.169. The summed E-state index contributed by atoms with van der Waals surface area (Å²) < 4.78 is 0. The molecule has 2 fully saturated rings. The van der Waals surface area contributed by atoms with Crippen LogP contribution in [0.5, 0.6) is 0 Å². The van der Waals surface area contributed by atoms with Gasteiger partial charge < -0.3 is 10.2 Å². The molecule has 25 heavy (non-hydrogen) atoms. The zero-order valence-electron chi connectivity index (χ0n) is 15.8. The quantitative estimate of drug-likeness (QED) is 0.407. The van der Waals surface area contributed by atoms with Crippen LogP contribution in [0, 0.1) is 11.3 Å². The molecule has 2 aliphatic heterocycles. The Morgan fingerprint density at radius 3 is 2.88 bits per heavy atom. The summed E-state index contributed by atoms with van der Waals surface area (Å²) in [4.78, 5) is 11.0. The highest BCUT2D eigenvalue weighted by Crippen LogP contribution is 2.28. The SMILES string of the molecule is CN=C(NCC1CCCN(Cc2cccs2)C1)N1CCC(C)(C)C1.I. The molecule has 1 aromatic rings. The molecule has 142 valence electrons. The van der Waals surface area contributed by atoms with E-state index in [4.69, 9.17) is 0 Å². The Labute approximate surface area is 174 Å². The van der Waals surface area contributed by atoms with Crippen LogP contribution in [-0.2, 0) is 6.54 Å². The highest BCUT2D eigenvalue weighted by molar-refractivity contribution is 14.0. The van der Waals surface area contributed by atoms with Crippen molar-refractivity contribution in [1.29, 1.82) is 0 Å². The number of hydrogen-bond donors (Lipinski definition) is 1. The van der Waals surface area contributed by atoms with Crippen LogP contribution in [0.2, 0.25) is 0 Å². The van der Waals surface area contributed by atoms with Gasteiger partial charge in [0.1, 0.15) is 0 Å². The third-order valence-corrected chi connectivity index (χ3v) is 6.16. The van der Waals surface area contributed by atoms with E-state index in [1.807, 2.05) is 18.4 Å². The molecule has 1 atom stereocenters. The Hall–Kier alpha value is -0.340. The molecule has 0 saturated carbocycles. The molecule has 4 nitrogen and oxygen atoms in total. The first kappa shape index (κ1) is 21.0. The predicted molar refractivity (Wildman–Crippen MR) is 119 cm³/mol. The second-order valence-electron chi connectivity index (χ2n) is 8.09. The number of thiophene rings is 1. The minimum absolute atomic E-state index is 0. The fourth-order valence-corrected chi connectivity index (χ4v) is 4.69. The van der Waals surface area contributed by atoms with Gasteiger partial charge in [-0.15, -0.1) is 35.3 Å². The number of likely N-dealkylation sites (tertiary alicyclic amines) is 2. The second kappa shape index (κ2) is 9.55. The Morgan fingerprint density at radius 2 is 2.24 bits per heavy atom. The van der Waals surface area contributed by atoms with E-state index in [2.05, 4.69) is 51.5 Å². The van der Waals surface area contributed by atoms with Crippen molar-refractivity contribution in [2.75, 3.05) is 39.8 Å². The first-order valence-corrected chi connectivity index (χ1v) is 10.1. The lowest BCUT2D eigenvalue weighted by atomic mass is 9.93. The molecule has 3 rings (SSSR count). The molecular formula is C19H33IN4S. The number of halogens is 1. The number of aliphatic imine (C=N–C) groups is 1. The average Bonchev–Trinajstić information content (AvgIpc) is 3.18. The summed E-state index contributed by atoms with van der Waals surface area (Å²) in [7, 11) is 1.91. The van der Waals surface area contributed by atoms with E-state index >= 15 is 0 Å². The summed E-state index contributed by atoms with van der Waals surface area (Å²) in [6.45, 7) is 11.5. The van der Waals surface area contributed by atoms with Crippen molar-refractivity contribution in [3.05, 3.63) is 22.4 Å². The molecule has 3 heterocycles. The lowest BCUT2D eigenvalue weighted by Crippen LogP contribution is -2.45. The average molecular weight is 476 g/mol. The maximum absolute atomic E-state index is 4.52. The van der Waals surface area contributed by atoms with Crippen molar-refractivity contribution >= 4 is 41.3 Å². The molecule has 0 radical (unpaired) electrons. The molecule has 0 bridgehead atoms. The molecule has 0 aromatic carbocycles. The van der Waals surface area contributed by atoms with Gasteiger partial charge in [0.15, 0.2) is 5.96 Å². The maximum atomic E-state index is 4.52. The van der Waals surface area contributed by atoms with Crippen molar-refractivity contribution < 1.29 is 0 Å². The Balaban J connectivity index is 0.00000225. The maximum Gasteiger partial charge on any atom is 0.193 e. The van der Waals surface area contributed by atoms with Crippen molar-refractivity contribution in [1.82, 2.24) is 15.1 Å². The molecule has 6 heteroatoms. The summed E-state index contributed by atoms with van der Waals surface area (Å²) in [6, 6.07) is 4.41. The molecule has 1 N–H and O–H groups in total. The van der Waals surface area contributed by atoms with Crippen LogP contribution >= 0.6 is 35.3 Å². The normalized spacial score (nSPS) is 24.2. The van der Waals surface area contributed by atoms with Gasteiger partial charge in [-0.25, -0.2) is 0 Å². The van der Waals surface area contributed by atoms with Crippen LogP contribution in [0.4, 0.5) is 0 Å². The number of nitrogens with one attached hydrogen (secondary N) is 1. The fraction of sp³-hybridized carbons (Fsp3) is 0.737. The molecule has 1 aromatic heterocycles. The Bertz CT molecular complexity index is 544. The fourth-order valence-electron chi connectivity index (χ4n) is 3.95. The number of piperidine rings is 1. The highest BCUT2D eigenvalue weighted by Gasteiger charge is 2.31. The van der Waals surface area contributed by atoms with Crippen molar-refractivity contribution in [3.8, 4) is 0 Å². The van der Waals surface area contributed by atoms with Crippen LogP contribution in [-0.4, -0.2) is 55.5 Å². The van der Waals surface area contributed by atoms with E-state index in [0.717, 1.165) is 38.1 Å². The standard InChI is InChI=1S/C19H32N4S.HI/c1-19(2)8-10-23(15-19)18(20-3)21-12-16-6-4-9-22(13-16)14-17-7-5-11-24-17;/h5,7,11,16H,4,6,8-10,12-15H2,1-3H3,(H,20,21);1H. The first-order chi connectivity index (χ1) is 11.6. The molecular weight excluding hydrogens is 443 g/mol. The number of nitrogens with zero attached hydrogens (tertiary/aromatic N) is 3. The summed E-state index contributed by atoms with van der Waals surface area (Å²) >= 11 is 1.87. The van der Waals surface area contributed by atoms with E-state index in [1.54, 1.807) is 0 Å². The van der Waals surface area contributed by atoms with E-state index in [-0.39, 0.29) is 24.0 Å². The van der Waals surface area contributed by atoms with Gasteiger partial charge >= 0.3 is 0 Å². The smallest absolute Gasteiger partial charge is 0.193 e. The van der Waals surface area contributed by atoms with Gasteiger partial charge in [-0.3, -0.25) is 9.89 Å². The monoisotopic (exact) mass is 476 g/mol. The van der Waals surface area contributed by atoms with Gasteiger partial charge in [-0.2, -0.15) is 0 Å². The minimum atomic E-state index is 0. The number of rotatable bonds is 4. The van der Waals surface area contributed by atoms with Crippen LogP contribution in [0.15, 0.2) is 22.5 Å². The molecule has 2 saturated heterocycles. The zero-order chi connectivity index (χ0) is 17.0. The van der Waals surface area contributed by atoms with Gasteiger partial charge in [-0.1, -0.05) is 19.9 Å². The van der Waals surface area contributed by atoms with Crippen LogP contribution in [0.3, 0.4) is 0 Å². The van der Waals surface area contributed by atoms with Gasteiger partial charge in [0.2, 0.25) is 0 Å². The second-order valence-corrected chi connectivity index (χ2v) is 9.12. The summed E-state index contributed by atoms with van der Waals surface area (Å²) in [5.41, 5.74) is 0.417. The Morgan fingerprint density at radius 1 is 1.40 bits per heavy atom. The lowest BCUT2D eigenvalue weighted by Gasteiger charge is -2.33. The molecule has 0 spiro atoms. The topological polar surface area (TPSA) is 30.9 Å². The van der Waals surface area contributed by atoms with Crippen LogP contribution in [0.1, 0.15) is 38.0 Å². The van der Waals surface area contributed by atoms with Crippen molar-refractivity contribution in [2.24, 2.45) is 16.3 Å². The predicted octanol–water partition coefficient (Wildman–Crippen LogP) is 3.89. The number of hydrogen-bond acceptors (Lipinski definition) is 3. The van der Waals surface area contributed by atoms with Crippen molar-refractivity contribution in [2.45, 2.75) is 39.7 Å². The summed E-state index contributed by atoms with van der Waals surface area (Å²) in [5.74, 6) is 1.82. The molecule has 0 aliphatic carbocycles. The molecule has 1 unspecified atom stereocenters. The summed E-state index contributed by atoms with van der Waals surface area (Å²) in [5, 5.41) is 5.83. The third kappa shape index (κ3) is 6.10. The van der Waals surface area contributed by atoms with Gasteiger partial charge in [-0.05, 0) is 48.6 Å². The highest BCUT2D eigenvalue weighted by atomic mass is 127. The Kier molecular flexibility index (Phi) is 8.01. The molecule has 2 aliphatic rings. The van der Waals surface area contributed by atoms with Gasteiger partial charge in [0.25, 0.3) is 0 Å². The van der Waals surface area contributed by atoms with Crippen LogP contribution < -0.4 is 5.32 Å². The minimum Gasteiger partial charge on any atom is -0.356 e. The van der Waals surface area contributed by atoms with Gasteiger partial charge in [0, 0.05) is 44.6 Å². The summed E-state index contributed by atoms with van der Waals surface area (Å²) in [6.07, 6.45) is 3.90. The van der Waals surface area contributed by atoms with E-state index in [0.29, 0.717) is 5.41 Å².